The highest BCUT2D eigenvalue weighted by Gasteiger charge is 1.96. The largest absolute Gasteiger partial charge is 0.485 e. The van der Waals surface area contributed by atoms with Gasteiger partial charge in [0, 0.05) is 0 Å². The standard InChI is InChI=1S/C3H8BO3/c1-3(2-5)7-4-6/h3,5-6H,2H2,1H3. The van der Waals surface area contributed by atoms with Crippen LogP contribution in [-0.2, 0) is 4.65 Å². The number of hydrogen-bond donors (Lipinski definition) is 2. The lowest BCUT2D eigenvalue weighted by Gasteiger charge is -2.03. The molecule has 1 atom stereocenters. The second-order valence-electron chi connectivity index (χ2n) is 1.23. The molecule has 0 aliphatic rings. The van der Waals surface area contributed by atoms with Crippen LogP contribution in [0.15, 0.2) is 0 Å². The summed E-state index contributed by atoms with van der Waals surface area (Å²) in [6.07, 6.45) is -0.301. The first kappa shape index (κ1) is 6.94. The first-order chi connectivity index (χ1) is 3.31. The molecule has 3 nitrogen and oxygen atoms in total. The third-order valence-corrected chi connectivity index (χ3v) is 0.550. The second kappa shape index (κ2) is 4.11. The molecule has 0 amide bonds. The lowest BCUT2D eigenvalue weighted by molar-refractivity contribution is 0.119. The van der Waals surface area contributed by atoms with Gasteiger partial charge in [-0.2, -0.15) is 0 Å². The molecule has 4 heteroatoms. The highest BCUT2D eigenvalue weighted by atomic mass is 16.5. The van der Waals surface area contributed by atoms with Gasteiger partial charge in [0.2, 0.25) is 0 Å². The molecule has 7 heavy (non-hydrogen) atoms. The van der Waals surface area contributed by atoms with Crippen LogP contribution >= 0.6 is 0 Å². The van der Waals surface area contributed by atoms with Gasteiger partial charge in [-0.05, 0) is 6.92 Å². The number of rotatable bonds is 3. The summed E-state index contributed by atoms with van der Waals surface area (Å²) in [6.45, 7) is 1.57. The van der Waals surface area contributed by atoms with Gasteiger partial charge >= 0.3 is 7.69 Å². The quantitative estimate of drug-likeness (QED) is 0.446. The first-order valence-electron chi connectivity index (χ1n) is 2.03. The zero-order chi connectivity index (χ0) is 5.70. The van der Waals surface area contributed by atoms with Gasteiger partial charge in [-0.3, -0.25) is 0 Å². The van der Waals surface area contributed by atoms with E-state index in [1.807, 2.05) is 0 Å². The highest BCUT2D eigenvalue weighted by molar-refractivity contribution is 6.15. The predicted molar refractivity (Wildman–Crippen MR) is 25.6 cm³/mol. The molecule has 0 rings (SSSR count). The van der Waals surface area contributed by atoms with Gasteiger partial charge < -0.3 is 14.8 Å². The molecule has 0 saturated heterocycles. The van der Waals surface area contributed by atoms with E-state index in [-0.39, 0.29) is 12.7 Å². The SMILES string of the molecule is CC(CO)O[B]O. The van der Waals surface area contributed by atoms with Crippen LogP contribution in [0.5, 0.6) is 0 Å². The summed E-state index contributed by atoms with van der Waals surface area (Å²) in [5.74, 6) is 0. The minimum Gasteiger partial charge on any atom is -0.429 e. The molecular formula is C3H8BO3. The van der Waals surface area contributed by atoms with Gasteiger partial charge in [0.15, 0.2) is 0 Å². The maximum atomic E-state index is 8.21. The Hall–Kier alpha value is -0.0551. The molecule has 0 spiro atoms. The van der Waals surface area contributed by atoms with Gasteiger partial charge in [0.1, 0.15) is 0 Å². The summed E-state index contributed by atoms with van der Waals surface area (Å²) in [5.41, 5.74) is 0. The van der Waals surface area contributed by atoms with E-state index in [9.17, 15) is 0 Å². The summed E-state index contributed by atoms with van der Waals surface area (Å²) in [4.78, 5) is 0. The molecule has 0 aliphatic carbocycles. The van der Waals surface area contributed by atoms with E-state index in [0.29, 0.717) is 7.69 Å². The van der Waals surface area contributed by atoms with Crippen molar-refractivity contribution in [3.63, 3.8) is 0 Å². The third-order valence-electron chi connectivity index (χ3n) is 0.550. The first-order valence-corrected chi connectivity index (χ1v) is 2.03. The van der Waals surface area contributed by atoms with Crippen LogP contribution in [0.1, 0.15) is 6.92 Å². The van der Waals surface area contributed by atoms with Crippen molar-refractivity contribution >= 4 is 7.69 Å². The van der Waals surface area contributed by atoms with Gasteiger partial charge in [-0.1, -0.05) is 0 Å². The van der Waals surface area contributed by atoms with Crippen molar-refractivity contribution in [3.8, 4) is 0 Å². The Morgan fingerprint density at radius 1 is 1.86 bits per heavy atom. The molecule has 0 heterocycles. The van der Waals surface area contributed by atoms with Crippen molar-refractivity contribution in [2.75, 3.05) is 6.61 Å². The maximum absolute atomic E-state index is 8.21. The fourth-order valence-electron chi connectivity index (χ4n) is 0.147. The van der Waals surface area contributed by atoms with E-state index < -0.39 is 0 Å². The zero-order valence-electron chi connectivity index (χ0n) is 4.16. The Balaban J connectivity index is 2.83. The summed E-state index contributed by atoms with van der Waals surface area (Å²) in [5, 5.41) is 16.1. The summed E-state index contributed by atoms with van der Waals surface area (Å²) >= 11 is 0. The molecular weight excluding hydrogens is 94.8 g/mol. The Morgan fingerprint density at radius 2 is 2.43 bits per heavy atom. The van der Waals surface area contributed by atoms with Crippen molar-refractivity contribution in [1.82, 2.24) is 0 Å². The average molecular weight is 103 g/mol. The van der Waals surface area contributed by atoms with E-state index in [0.717, 1.165) is 0 Å². The fourth-order valence-corrected chi connectivity index (χ4v) is 0.147. The Labute approximate surface area is 43.2 Å². The molecule has 0 aromatic carbocycles. The number of hydrogen-bond acceptors (Lipinski definition) is 3. The minimum atomic E-state index is -0.301. The number of aliphatic hydroxyl groups is 1. The molecule has 41 valence electrons. The summed E-state index contributed by atoms with van der Waals surface area (Å²) in [7, 11) is 0.570. The zero-order valence-corrected chi connectivity index (χ0v) is 4.16. The van der Waals surface area contributed by atoms with Crippen LogP contribution < -0.4 is 0 Å². The van der Waals surface area contributed by atoms with Crippen LogP contribution in [0.4, 0.5) is 0 Å². The van der Waals surface area contributed by atoms with Crippen LogP contribution in [0.2, 0.25) is 0 Å². The molecule has 0 saturated carbocycles. The predicted octanol–water partition coefficient (Wildman–Crippen LogP) is -1.09. The van der Waals surface area contributed by atoms with Gasteiger partial charge in [0.05, 0.1) is 12.7 Å². The van der Waals surface area contributed by atoms with Crippen molar-refractivity contribution in [2.24, 2.45) is 0 Å². The van der Waals surface area contributed by atoms with Crippen LogP contribution in [0.25, 0.3) is 0 Å². The van der Waals surface area contributed by atoms with Gasteiger partial charge in [0.25, 0.3) is 0 Å². The normalized spacial score (nSPS) is 13.6. The maximum Gasteiger partial charge on any atom is 0.485 e. The lowest BCUT2D eigenvalue weighted by atomic mass is 10.3. The Kier molecular flexibility index (Phi) is 4.08. The monoisotopic (exact) mass is 103 g/mol. The van der Waals surface area contributed by atoms with Crippen molar-refractivity contribution < 1.29 is 14.8 Å². The summed E-state index contributed by atoms with van der Waals surface area (Å²) < 4.78 is 4.37. The van der Waals surface area contributed by atoms with Gasteiger partial charge in [-0.15, -0.1) is 0 Å². The van der Waals surface area contributed by atoms with Crippen LogP contribution in [-0.4, -0.2) is 30.5 Å². The fraction of sp³-hybridized carbons (Fsp3) is 1.00. The van der Waals surface area contributed by atoms with Crippen molar-refractivity contribution in [3.05, 3.63) is 0 Å². The van der Waals surface area contributed by atoms with E-state index in [4.69, 9.17) is 10.1 Å². The molecule has 1 radical (unpaired) electrons. The van der Waals surface area contributed by atoms with E-state index in [1.165, 1.54) is 0 Å². The van der Waals surface area contributed by atoms with Crippen molar-refractivity contribution in [1.29, 1.82) is 0 Å². The molecule has 0 bridgehead atoms. The molecule has 0 aromatic rings. The van der Waals surface area contributed by atoms with Gasteiger partial charge in [-0.25, -0.2) is 0 Å². The Bertz CT molecular complexity index is 41.2. The summed E-state index contributed by atoms with van der Waals surface area (Å²) in [6, 6.07) is 0. The lowest BCUT2D eigenvalue weighted by Crippen LogP contribution is -2.15. The average Bonchev–Trinajstić information content (AvgIpc) is 1.68. The van der Waals surface area contributed by atoms with E-state index in [2.05, 4.69) is 4.65 Å². The third kappa shape index (κ3) is 3.78. The van der Waals surface area contributed by atoms with E-state index >= 15 is 0 Å². The second-order valence-corrected chi connectivity index (χ2v) is 1.23. The van der Waals surface area contributed by atoms with Crippen molar-refractivity contribution in [2.45, 2.75) is 13.0 Å². The molecule has 0 fully saturated rings. The number of aliphatic hydroxyl groups excluding tert-OH is 1. The smallest absolute Gasteiger partial charge is 0.429 e. The Morgan fingerprint density at radius 3 is 2.57 bits per heavy atom. The topological polar surface area (TPSA) is 49.7 Å². The van der Waals surface area contributed by atoms with Crippen LogP contribution in [0.3, 0.4) is 0 Å². The minimum absolute atomic E-state index is 0.0724. The highest BCUT2D eigenvalue weighted by Crippen LogP contribution is 1.82. The van der Waals surface area contributed by atoms with Crippen LogP contribution in [0, 0.1) is 0 Å². The van der Waals surface area contributed by atoms with E-state index in [1.54, 1.807) is 6.92 Å². The molecule has 0 aliphatic heterocycles. The molecule has 1 unspecified atom stereocenters. The molecule has 0 aromatic heterocycles. The molecule has 2 N–H and O–H groups in total.